The Morgan fingerprint density at radius 3 is 2.14 bits per heavy atom. The van der Waals surface area contributed by atoms with E-state index in [-0.39, 0.29) is 0 Å². The molecule has 82 valence electrons. The molecule has 0 bridgehead atoms. The first-order chi connectivity index (χ1) is 6.78. The van der Waals surface area contributed by atoms with E-state index < -0.39 is 0 Å². The molecule has 0 aromatic heterocycles. The summed E-state index contributed by atoms with van der Waals surface area (Å²) in [5.74, 6) is 0.901. The number of nitrogens with two attached hydrogens (primary N) is 1. The molecule has 0 aromatic rings. The van der Waals surface area contributed by atoms with Crippen LogP contribution in [0.4, 0.5) is 0 Å². The molecule has 2 rings (SSSR count). The van der Waals surface area contributed by atoms with Crippen molar-refractivity contribution in [1.29, 1.82) is 0 Å². The molecule has 0 amide bonds. The second kappa shape index (κ2) is 4.60. The van der Waals surface area contributed by atoms with Gasteiger partial charge in [-0.15, -0.1) is 0 Å². The van der Waals surface area contributed by atoms with Crippen LogP contribution >= 0.6 is 0 Å². The van der Waals surface area contributed by atoms with Crippen LogP contribution < -0.4 is 5.73 Å². The van der Waals surface area contributed by atoms with Crippen LogP contribution in [0.1, 0.15) is 19.8 Å². The van der Waals surface area contributed by atoms with Crippen molar-refractivity contribution in [2.24, 2.45) is 11.7 Å². The van der Waals surface area contributed by atoms with Crippen molar-refractivity contribution in [3.63, 3.8) is 0 Å². The fraction of sp³-hybridized carbons (Fsp3) is 1.00. The maximum atomic E-state index is 5.79. The molecule has 2 N–H and O–H groups in total. The third kappa shape index (κ3) is 2.47. The number of hydrogen-bond acceptors (Lipinski definition) is 3. The van der Waals surface area contributed by atoms with Gasteiger partial charge in [-0.25, -0.2) is 0 Å². The van der Waals surface area contributed by atoms with E-state index in [1.165, 1.54) is 52.1 Å². The van der Waals surface area contributed by atoms with Crippen molar-refractivity contribution < 1.29 is 0 Å². The predicted octanol–water partition coefficient (Wildman–Crippen LogP) is 0.361. The molecule has 14 heavy (non-hydrogen) atoms. The zero-order valence-electron chi connectivity index (χ0n) is 9.28. The molecular formula is C11H23N3. The van der Waals surface area contributed by atoms with Gasteiger partial charge in [0.1, 0.15) is 0 Å². The summed E-state index contributed by atoms with van der Waals surface area (Å²) in [6, 6.07) is 0.511. The van der Waals surface area contributed by atoms with Crippen molar-refractivity contribution in [2.75, 3.05) is 39.3 Å². The van der Waals surface area contributed by atoms with E-state index in [0.717, 1.165) is 5.92 Å². The lowest BCUT2D eigenvalue weighted by Crippen LogP contribution is -2.50. The topological polar surface area (TPSA) is 32.5 Å². The highest BCUT2D eigenvalue weighted by molar-refractivity contribution is 4.85. The van der Waals surface area contributed by atoms with Crippen molar-refractivity contribution in [2.45, 2.75) is 25.8 Å². The summed E-state index contributed by atoms with van der Waals surface area (Å²) in [5, 5.41) is 0. The van der Waals surface area contributed by atoms with Gasteiger partial charge in [0.2, 0.25) is 0 Å². The van der Waals surface area contributed by atoms with Gasteiger partial charge in [0, 0.05) is 38.8 Å². The van der Waals surface area contributed by atoms with E-state index in [1.807, 2.05) is 0 Å². The van der Waals surface area contributed by atoms with E-state index in [1.54, 1.807) is 0 Å². The number of piperazine rings is 1. The van der Waals surface area contributed by atoms with Crippen LogP contribution in [0.25, 0.3) is 0 Å². The van der Waals surface area contributed by atoms with Gasteiger partial charge in [0.25, 0.3) is 0 Å². The van der Waals surface area contributed by atoms with Gasteiger partial charge in [0.05, 0.1) is 0 Å². The number of hydrogen-bond donors (Lipinski definition) is 1. The molecule has 3 nitrogen and oxygen atoms in total. The normalized spacial score (nSPS) is 35.6. The van der Waals surface area contributed by atoms with Gasteiger partial charge in [-0.05, 0) is 25.3 Å². The Morgan fingerprint density at radius 1 is 1.07 bits per heavy atom. The van der Waals surface area contributed by atoms with Crippen molar-refractivity contribution >= 4 is 0 Å². The van der Waals surface area contributed by atoms with Crippen LogP contribution in [0.15, 0.2) is 0 Å². The fourth-order valence-electron chi connectivity index (χ4n) is 2.59. The second-order valence-electron chi connectivity index (χ2n) is 4.83. The lowest BCUT2D eigenvalue weighted by molar-refractivity contribution is 0.0973. The molecule has 2 aliphatic rings. The van der Waals surface area contributed by atoms with Gasteiger partial charge < -0.3 is 15.5 Å². The minimum Gasteiger partial charge on any atom is -0.328 e. The number of likely N-dealkylation sites (N-methyl/N-ethyl adjacent to an activating group) is 1. The third-order valence-corrected chi connectivity index (χ3v) is 3.70. The van der Waals surface area contributed by atoms with Crippen molar-refractivity contribution in [3.05, 3.63) is 0 Å². The Bertz CT molecular complexity index is 169. The zero-order valence-corrected chi connectivity index (χ0v) is 9.28. The lowest BCUT2D eigenvalue weighted by Gasteiger charge is -2.40. The second-order valence-corrected chi connectivity index (χ2v) is 4.83. The largest absolute Gasteiger partial charge is 0.328 e. The molecule has 1 heterocycles. The fourth-order valence-corrected chi connectivity index (χ4v) is 2.59. The van der Waals surface area contributed by atoms with Crippen LogP contribution in [0.3, 0.4) is 0 Å². The average Bonchev–Trinajstić information content (AvgIpc) is 2.17. The van der Waals surface area contributed by atoms with E-state index in [9.17, 15) is 0 Å². The minimum absolute atomic E-state index is 0.511. The maximum Gasteiger partial charge on any atom is 0.0110 e. The molecule has 1 aliphatic carbocycles. The van der Waals surface area contributed by atoms with Gasteiger partial charge in [-0.3, -0.25) is 0 Å². The molecule has 0 unspecified atom stereocenters. The Balaban J connectivity index is 1.64. The van der Waals surface area contributed by atoms with Crippen LogP contribution in [0, 0.1) is 5.92 Å². The smallest absolute Gasteiger partial charge is 0.0110 e. The quantitative estimate of drug-likeness (QED) is 0.709. The summed E-state index contributed by atoms with van der Waals surface area (Å²) in [7, 11) is 0. The van der Waals surface area contributed by atoms with Gasteiger partial charge in [-0.2, -0.15) is 0 Å². The molecular weight excluding hydrogens is 174 g/mol. The molecule has 1 saturated carbocycles. The Morgan fingerprint density at radius 2 is 1.64 bits per heavy atom. The summed E-state index contributed by atoms with van der Waals surface area (Å²) < 4.78 is 0. The van der Waals surface area contributed by atoms with E-state index in [2.05, 4.69) is 16.7 Å². The molecule has 3 heteroatoms. The SMILES string of the molecule is CCN1CCN(CC2CC(N)C2)CC1. The summed E-state index contributed by atoms with van der Waals surface area (Å²) in [4.78, 5) is 5.14. The van der Waals surface area contributed by atoms with Crippen molar-refractivity contribution in [1.82, 2.24) is 9.80 Å². The molecule has 0 aromatic carbocycles. The molecule has 0 atom stereocenters. The summed E-state index contributed by atoms with van der Waals surface area (Å²) in [6.45, 7) is 9.80. The first-order valence-electron chi connectivity index (χ1n) is 5.98. The minimum atomic E-state index is 0.511. The predicted molar refractivity (Wildman–Crippen MR) is 59.3 cm³/mol. The van der Waals surface area contributed by atoms with Gasteiger partial charge in [-0.1, -0.05) is 6.92 Å². The number of nitrogens with zero attached hydrogens (tertiary/aromatic N) is 2. The van der Waals surface area contributed by atoms with Crippen molar-refractivity contribution in [3.8, 4) is 0 Å². The highest BCUT2D eigenvalue weighted by atomic mass is 15.3. The Kier molecular flexibility index (Phi) is 3.42. The van der Waals surface area contributed by atoms with Gasteiger partial charge in [0.15, 0.2) is 0 Å². The zero-order chi connectivity index (χ0) is 9.97. The standard InChI is InChI=1S/C11H23N3/c1-2-13-3-5-14(6-4-13)9-10-7-11(12)8-10/h10-11H,2-9,12H2,1H3. The van der Waals surface area contributed by atoms with E-state index in [0.29, 0.717) is 6.04 Å². The average molecular weight is 197 g/mol. The summed E-state index contributed by atoms with van der Waals surface area (Å²) >= 11 is 0. The molecule has 0 radical (unpaired) electrons. The monoisotopic (exact) mass is 197 g/mol. The van der Waals surface area contributed by atoms with E-state index in [4.69, 9.17) is 5.73 Å². The van der Waals surface area contributed by atoms with E-state index >= 15 is 0 Å². The summed E-state index contributed by atoms with van der Waals surface area (Å²) in [5.41, 5.74) is 5.79. The van der Waals surface area contributed by atoms with Crippen LogP contribution in [-0.4, -0.2) is 55.1 Å². The molecule has 2 fully saturated rings. The maximum absolute atomic E-state index is 5.79. The molecule has 0 spiro atoms. The highest BCUT2D eigenvalue weighted by Crippen LogP contribution is 2.26. The molecule has 1 saturated heterocycles. The first kappa shape index (κ1) is 10.4. The number of rotatable bonds is 3. The third-order valence-electron chi connectivity index (χ3n) is 3.70. The van der Waals surface area contributed by atoms with Crippen LogP contribution in [0.5, 0.6) is 0 Å². The summed E-state index contributed by atoms with van der Waals surface area (Å²) in [6.07, 6.45) is 2.52. The highest BCUT2D eigenvalue weighted by Gasteiger charge is 2.28. The van der Waals surface area contributed by atoms with Gasteiger partial charge >= 0.3 is 0 Å². The van der Waals surface area contributed by atoms with Crippen LogP contribution in [0.2, 0.25) is 0 Å². The Labute approximate surface area is 87.2 Å². The lowest BCUT2D eigenvalue weighted by atomic mass is 9.80. The Hall–Kier alpha value is -0.120. The van der Waals surface area contributed by atoms with Crippen LogP contribution in [-0.2, 0) is 0 Å². The first-order valence-corrected chi connectivity index (χ1v) is 5.98. The molecule has 1 aliphatic heterocycles.